The third-order valence-electron chi connectivity index (χ3n) is 5.49. The first-order valence-electron chi connectivity index (χ1n) is 10.9. The number of carbonyl (C=O) groups is 2. The van der Waals surface area contributed by atoms with Gasteiger partial charge < -0.3 is 24.8 Å². The van der Waals surface area contributed by atoms with Gasteiger partial charge in [-0.3, -0.25) is 14.6 Å². The number of likely N-dealkylation sites (N-methyl/N-ethyl adjacent to an activating group) is 1. The van der Waals surface area contributed by atoms with Gasteiger partial charge in [0.05, 0.1) is 11.8 Å². The summed E-state index contributed by atoms with van der Waals surface area (Å²) in [5.41, 5.74) is 0.213. The van der Waals surface area contributed by atoms with E-state index in [1.807, 2.05) is 0 Å². The summed E-state index contributed by atoms with van der Waals surface area (Å²) in [6.07, 6.45) is 4.87. The van der Waals surface area contributed by atoms with E-state index in [0.29, 0.717) is 22.7 Å². The minimum absolute atomic E-state index is 0.0190. The maximum atomic E-state index is 13.1. The van der Waals surface area contributed by atoms with Crippen LogP contribution in [0.3, 0.4) is 0 Å². The summed E-state index contributed by atoms with van der Waals surface area (Å²) >= 11 is 0. The van der Waals surface area contributed by atoms with Crippen LogP contribution in [0.5, 0.6) is 11.5 Å². The van der Waals surface area contributed by atoms with Crippen molar-refractivity contribution in [1.29, 1.82) is 0 Å². The second-order valence-corrected chi connectivity index (χ2v) is 8.77. The molecule has 8 heteroatoms. The van der Waals surface area contributed by atoms with E-state index >= 15 is 0 Å². The average molecular weight is 450 g/mol. The molecular weight excluding hydrogens is 422 g/mol. The summed E-state index contributed by atoms with van der Waals surface area (Å²) in [6, 6.07) is 7.62. The summed E-state index contributed by atoms with van der Waals surface area (Å²) < 4.78 is 11.7. The van der Waals surface area contributed by atoms with Crippen molar-refractivity contribution in [2.24, 2.45) is 0 Å². The van der Waals surface area contributed by atoms with E-state index in [2.05, 4.69) is 22.1 Å². The Bertz CT molecular complexity index is 1120. The predicted molar refractivity (Wildman–Crippen MR) is 122 cm³/mol. The Morgan fingerprint density at radius 3 is 2.79 bits per heavy atom. The van der Waals surface area contributed by atoms with Crippen LogP contribution in [0.15, 0.2) is 36.5 Å². The number of fused-ring (bicyclic) bond motifs is 1. The zero-order valence-electron chi connectivity index (χ0n) is 18.9. The van der Waals surface area contributed by atoms with Gasteiger partial charge in [-0.25, -0.2) is 0 Å². The maximum absolute atomic E-state index is 13.1. The molecule has 1 atom stereocenters. The van der Waals surface area contributed by atoms with Crippen LogP contribution in [0.25, 0.3) is 0 Å². The Kier molecular flexibility index (Phi) is 6.25. The Morgan fingerprint density at radius 1 is 1.30 bits per heavy atom. The Hall–Kier alpha value is -3.57. The fourth-order valence-electron chi connectivity index (χ4n) is 3.43. The van der Waals surface area contributed by atoms with Crippen molar-refractivity contribution in [1.82, 2.24) is 10.3 Å². The van der Waals surface area contributed by atoms with Crippen LogP contribution in [-0.4, -0.2) is 53.3 Å². The van der Waals surface area contributed by atoms with E-state index in [1.165, 1.54) is 11.1 Å². The van der Waals surface area contributed by atoms with Gasteiger partial charge in [0, 0.05) is 24.9 Å². The molecule has 0 bridgehead atoms. The number of amides is 2. The number of nitrogens with zero attached hydrogens (tertiary/aromatic N) is 2. The number of benzene rings is 1. The minimum Gasteiger partial charge on any atom is -0.490 e. The van der Waals surface area contributed by atoms with Crippen LogP contribution in [0.1, 0.15) is 49.2 Å². The van der Waals surface area contributed by atoms with E-state index < -0.39 is 17.6 Å². The second-order valence-electron chi connectivity index (χ2n) is 8.77. The van der Waals surface area contributed by atoms with Crippen LogP contribution in [0, 0.1) is 11.8 Å². The van der Waals surface area contributed by atoms with Gasteiger partial charge in [0.15, 0.2) is 0 Å². The number of nitrogens with one attached hydrogen (secondary N) is 1. The van der Waals surface area contributed by atoms with Crippen LogP contribution >= 0.6 is 0 Å². The molecule has 0 saturated heterocycles. The zero-order chi connectivity index (χ0) is 23.6. The molecule has 2 N–H and O–H groups in total. The molecule has 0 spiro atoms. The first-order chi connectivity index (χ1) is 15.7. The topological polar surface area (TPSA) is 101 Å². The average Bonchev–Trinajstić information content (AvgIpc) is 2.86. The Morgan fingerprint density at radius 2 is 2.09 bits per heavy atom. The molecule has 0 radical (unpaired) electrons. The maximum Gasteiger partial charge on any atom is 0.270 e. The summed E-state index contributed by atoms with van der Waals surface area (Å²) in [5, 5.41) is 12.6. The van der Waals surface area contributed by atoms with Gasteiger partial charge in [0.1, 0.15) is 35.4 Å². The number of ether oxygens (including phenoxy) is 2. The van der Waals surface area contributed by atoms with Crippen LogP contribution in [0.2, 0.25) is 0 Å². The SMILES string of the molecule is CN1C(=O)C(NC(=O)c2cc(OC3CCC3)ccn2)COc2ccc(C#CC(C)(C)O)cc21. The highest BCUT2D eigenvalue weighted by atomic mass is 16.5. The highest BCUT2D eigenvalue weighted by Crippen LogP contribution is 2.31. The molecule has 2 aromatic rings. The summed E-state index contributed by atoms with van der Waals surface area (Å²) in [7, 11) is 1.62. The van der Waals surface area contributed by atoms with Crippen molar-refractivity contribution in [2.75, 3.05) is 18.6 Å². The van der Waals surface area contributed by atoms with E-state index in [0.717, 1.165) is 19.3 Å². The summed E-state index contributed by atoms with van der Waals surface area (Å²) in [4.78, 5) is 31.4. The number of aliphatic hydroxyl groups is 1. The lowest BCUT2D eigenvalue weighted by molar-refractivity contribution is -0.120. The largest absolute Gasteiger partial charge is 0.490 e. The van der Waals surface area contributed by atoms with Crippen LogP contribution in [-0.2, 0) is 4.79 Å². The third kappa shape index (κ3) is 5.44. The van der Waals surface area contributed by atoms with Crippen LogP contribution < -0.4 is 19.7 Å². The molecule has 1 aromatic carbocycles. The van der Waals surface area contributed by atoms with Gasteiger partial charge in [0.2, 0.25) is 0 Å². The molecule has 2 heterocycles. The smallest absolute Gasteiger partial charge is 0.270 e. The molecule has 172 valence electrons. The van der Waals surface area contributed by atoms with Gasteiger partial charge in [-0.1, -0.05) is 11.8 Å². The van der Waals surface area contributed by atoms with Crippen molar-refractivity contribution in [3.05, 3.63) is 47.8 Å². The number of hydrogen-bond acceptors (Lipinski definition) is 6. The molecule has 1 aliphatic carbocycles. The quantitative estimate of drug-likeness (QED) is 0.695. The van der Waals surface area contributed by atoms with E-state index in [1.54, 1.807) is 51.2 Å². The highest BCUT2D eigenvalue weighted by Gasteiger charge is 2.31. The van der Waals surface area contributed by atoms with Gasteiger partial charge in [-0.15, -0.1) is 0 Å². The number of hydrogen-bond donors (Lipinski definition) is 2. The number of anilines is 1. The molecule has 4 rings (SSSR count). The van der Waals surface area contributed by atoms with Gasteiger partial charge >= 0.3 is 0 Å². The first kappa shape index (κ1) is 22.6. The lowest BCUT2D eigenvalue weighted by atomic mass is 9.96. The third-order valence-corrected chi connectivity index (χ3v) is 5.49. The molecule has 1 fully saturated rings. The standard InChI is InChI=1S/C25H27N3O5/c1-25(2,31)11-9-16-7-8-22-21(13-16)28(3)24(30)20(15-32-22)27-23(29)19-14-18(10-12-26-19)33-17-5-4-6-17/h7-8,10,12-14,17,20,31H,4-6,15H2,1-3H3,(H,27,29). The number of rotatable bonds is 4. The Labute approximate surface area is 192 Å². The number of carbonyl (C=O) groups excluding carboxylic acids is 2. The van der Waals surface area contributed by atoms with Gasteiger partial charge in [0.25, 0.3) is 11.8 Å². The predicted octanol–water partition coefficient (Wildman–Crippen LogP) is 2.29. The van der Waals surface area contributed by atoms with Crippen molar-refractivity contribution in [3.8, 4) is 23.3 Å². The van der Waals surface area contributed by atoms with Crippen molar-refractivity contribution >= 4 is 17.5 Å². The van der Waals surface area contributed by atoms with Crippen molar-refractivity contribution < 1.29 is 24.2 Å². The Balaban J connectivity index is 1.47. The van der Waals surface area contributed by atoms with E-state index in [9.17, 15) is 14.7 Å². The molecule has 1 unspecified atom stereocenters. The monoisotopic (exact) mass is 449 g/mol. The van der Waals surface area contributed by atoms with Gasteiger partial charge in [-0.05, 0) is 57.4 Å². The molecule has 8 nitrogen and oxygen atoms in total. The summed E-state index contributed by atoms with van der Waals surface area (Å²) in [5.74, 6) is 5.94. The molecule has 33 heavy (non-hydrogen) atoms. The lowest BCUT2D eigenvalue weighted by Gasteiger charge is -2.26. The normalized spacial score (nSPS) is 18.1. The summed E-state index contributed by atoms with van der Waals surface area (Å²) in [6.45, 7) is 3.17. The number of aromatic nitrogens is 1. The van der Waals surface area contributed by atoms with Crippen molar-refractivity contribution in [3.63, 3.8) is 0 Å². The first-order valence-corrected chi connectivity index (χ1v) is 10.9. The molecular formula is C25H27N3O5. The van der Waals surface area contributed by atoms with E-state index in [-0.39, 0.29) is 24.3 Å². The van der Waals surface area contributed by atoms with Crippen LogP contribution in [0.4, 0.5) is 5.69 Å². The molecule has 2 amide bonds. The fraction of sp³-hybridized carbons (Fsp3) is 0.400. The minimum atomic E-state index is -1.13. The van der Waals surface area contributed by atoms with Crippen molar-refractivity contribution in [2.45, 2.75) is 50.9 Å². The zero-order valence-corrected chi connectivity index (χ0v) is 18.9. The molecule has 1 aromatic heterocycles. The molecule has 1 saturated carbocycles. The lowest BCUT2D eigenvalue weighted by Crippen LogP contribution is -2.49. The molecule has 2 aliphatic rings. The van der Waals surface area contributed by atoms with Gasteiger partial charge in [-0.2, -0.15) is 0 Å². The van der Waals surface area contributed by atoms with E-state index in [4.69, 9.17) is 9.47 Å². The fourth-order valence-corrected chi connectivity index (χ4v) is 3.43. The second kappa shape index (κ2) is 9.12. The highest BCUT2D eigenvalue weighted by molar-refractivity contribution is 6.03. The molecule has 1 aliphatic heterocycles. The number of pyridine rings is 1.